The Bertz CT molecular complexity index is 211. The van der Waals surface area contributed by atoms with Crippen LogP contribution < -0.4 is 0 Å². The van der Waals surface area contributed by atoms with E-state index in [1.165, 1.54) is 0 Å². The molecule has 1 aliphatic carbocycles. The second-order valence-corrected chi connectivity index (χ2v) is 2.06. The standard InChI is InChI=1S/C7H8N2/c1-5-2-3-6(8)7(9)4-5/h2-3,8-9H,1,4H2. The van der Waals surface area contributed by atoms with Crippen molar-refractivity contribution in [3.63, 3.8) is 0 Å². The van der Waals surface area contributed by atoms with Crippen LogP contribution in [0.15, 0.2) is 24.3 Å². The lowest BCUT2D eigenvalue weighted by Crippen LogP contribution is -2.12. The van der Waals surface area contributed by atoms with E-state index in [2.05, 4.69) is 6.58 Å². The third-order valence-electron chi connectivity index (χ3n) is 1.21. The monoisotopic (exact) mass is 120 g/mol. The van der Waals surface area contributed by atoms with Crippen molar-refractivity contribution < 1.29 is 0 Å². The minimum atomic E-state index is 0.308. The molecule has 0 aromatic carbocycles. The van der Waals surface area contributed by atoms with Crippen molar-refractivity contribution in [1.29, 1.82) is 10.8 Å². The van der Waals surface area contributed by atoms with Gasteiger partial charge in [0.05, 0.1) is 11.4 Å². The van der Waals surface area contributed by atoms with Crippen LogP contribution in [0.25, 0.3) is 0 Å². The lowest BCUT2D eigenvalue weighted by molar-refractivity contribution is 1.30. The molecular weight excluding hydrogens is 112 g/mol. The van der Waals surface area contributed by atoms with Gasteiger partial charge in [0.2, 0.25) is 0 Å². The molecule has 0 atom stereocenters. The first-order valence-corrected chi connectivity index (χ1v) is 2.72. The third kappa shape index (κ3) is 1.13. The molecule has 0 aliphatic heterocycles. The maximum Gasteiger partial charge on any atom is 0.0751 e. The van der Waals surface area contributed by atoms with Gasteiger partial charge in [-0.15, -0.1) is 0 Å². The van der Waals surface area contributed by atoms with Gasteiger partial charge in [0.1, 0.15) is 0 Å². The van der Waals surface area contributed by atoms with Crippen molar-refractivity contribution in [3.8, 4) is 0 Å². The van der Waals surface area contributed by atoms with Gasteiger partial charge in [-0.1, -0.05) is 12.7 Å². The Kier molecular flexibility index (Phi) is 1.30. The Morgan fingerprint density at radius 2 is 2.00 bits per heavy atom. The highest BCUT2D eigenvalue weighted by Crippen LogP contribution is 2.07. The largest absolute Gasteiger partial charge is 0.303 e. The molecule has 0 fully saturated rings. The van der Waals surface area contributed by atoms with Crippen molar-refractivity contribution in [2.24, 2.45) is 0 Å². The molecule has 0 radical (unpaired) electrons. The van der Waals surface area contributed by atoms with Crippen LogP contribution in [0.5, 0.6) is 0 Å². The summed E-state index contributed by atoms with van der Waals surface area (Å²) in [6, 6.07) is 0. The van der Waals surface area contributed by atoms with Crippen molar-refractivity contribution in [3.05, 3.63) is 24.3 Å². The Labute approximate surface area is 53.9 Å². The van der Waals surface area contributed by atoms with Gasteiger partial charge < -0.3 is 5.41 Å². The molecule has 2 N–H and O–H groups in total. The molecule has 9 heavy (non-hydrogen) atoms. The number of rotatable bonds is 0. The van der Waals surface area contributed by atoms with Crippen molar-refractivity contribution >= 4 is 11.4 Å². The summed E-state index contributed by atoms with van der Waals surface area (Å²) in [6.07, 6.45) is 3.92. The third-order valence-corrected chi connectivity index (χ3v) is 1.21. The molecule has 1 rings (SSSR count). The molecule has 0 heterocycles. The van der Waals surface area contributed by atoms with Gasteiger partial charge >= 0.3 is 0 Å². The van der Waals surface area contributed by atoms with E-state index < -0.39 is 0 Å². The molecule has 0 bridgehead atoms. The highest BCUT2D eigenvalue weighted by atomic mass is 14.5. The zero-order valence-electron chi connectivity index (χ0n) is 5.07. The van der Waals surface area contributed by atoms with Gasteiger partial charge in [0.25, 0.3) is 0 Å². The van der Waals surface area contributed by atoms with E-state index in [0.29, 0.717) is 17.8 Å². The molecule has 0 amide bonds. The summed E-state index contributed by atoms with van der Waals surface area (Å²) < 4.78 is 0. The second-order valence-electron chi connectivity index (χ2n) is 2.06. The normalized spacial score (nSPS) is 18.9. The van der Waals surface area contributed by atoms with Gasteiger partial charge in [-0.25, -0.2) is 0 Å². The number of nitrogens with one attached hydrogen (secondary N) is 2. The second kappa shape index (κ2) is 1.97. The summed E-state index contributed by atoms with van der Waals surface area (Å²) in [5, 5.41) is 14.3. The summed E-state index contributed by atoms with van der Waals surface area (Å²) in [5.41, 5.74) is 1.58. The first kappa shape index (κ1) is 5.95. The zero-order chi connectivity index (χ0) is 6.85. The van der Waals surface area contributed by atoms with E-state index >= 15 is 0 Å². The highest BCUT2D eigenvalue weighted by molar-refractivity contribution is 6.45. The number of allylic oxidation sites excluding steroid dienone is 3. The number of hydrogen-bond acceptors (Lipinski definition) is 2. The van der Waals surface area contributed by atoms with Gasteiger partial charge in [0, 0.05) is 6.42 Å². The molecule has 46 valence electrons. The maximum atomic E-state index is 7.19. The van der Waals surface area contributed by atoms with Crippen LogP contribution in [0.3, 0.4) is 0 Å². The van der Waals surface area contributed by atoms with Gasteiger partial charge in [0.15, 0.2) is 0 Å². The molecular formula is C7H8N2. The molecule has 0 saturated carbocycles. The van der Waals surface area contributed by atoms with E-state index in [1.54, 1.807) is 12.2 Å². The Hall–Kier alpha value is -1.18. The van der Waals surface area contributed by atoms with Crippen LogP contribution in [-0.2, 0) is 0 Å². The molecule has 0 saturated heterocycles. The average Bonchev–Trinajstić information content (AvgIpc) is 1.80. The van der Waals surface area contributed by atoms with Crippen LogP contribution in [0.4, 0.5) is 0 Å². The van der Waals surface area contributed by atoms with E-state index in [0.717, 1.165) is 5.57 Å². The summed E-state index contributed by atoms with van der Waals surface area (Å²) in [6.45, 7) is 3.67. The average molecular weight is 120 g/mol. The SMILES string of the molecule is C=C1C=CC(=N)C(=N)C1. The van der Waals surface area contributed by atoms with Crippen molar-refractivity contribution in [1.82, 2.24) is 0 Å². The van der Waals surface area contributed by atoms with Gasteiger partial charge in [-0.2, -0.15) is 0 Å². The first-order chi connectivity index (χ1) is 4.20. The zero-order valence-corrected chi connectivity index (χ0v) is 5.07. The van der Waals surface area contributed by atoms with Gasteiger partial charge in [-0.05, 0) is 11.6 Å². The predicted molar refractivity (Wildman–Crippen MR) is 38.4 cm³/mol. The summed E-state index contributed by atoms with van der Waals surface area (Å²) in [7, 11) is 0. The van der Waals surface area contributed by atoms with Gasteiger partial charge in [-0.3, -0.25) is 5.41 Å². The topological polar surface area (TPSA) is 47.7 Å². The van der Waals surface area contributed by atoms with Crippen molar-refractivity contribution in [2.45, 2.75) is 6.42 Å². The van der Waals surface area contributed by atoms with E-state index in [-0.39, 0.29) is 0 Å². The fraction of sp³-hybridized carbons (Fsp3) is 0.143. The smallest absolute Gasteiger partial charge is 0.0751 e. The number of hydrogen-bond donors (Lipinski definition) is 2. The molecule has 2 nitrogen and oxygen atoms in total. The Morgan fingerprint density at radius 1 is 1.33 bits per heavy atom. The van der Waals surface area contributed by atoms with E-state index in [4.69, 9.17) is 10.8 Å². The summed E-state index contributed by atoms with van der Waals surface area (Å²) >= 11 is 0. The van der Waals surface area contributed by atoms with Crippen LogP contribution in [0.2, 0.25) is 0 Å². The lowest BCUT2D eigenvalue weighted by atomic mass is 10.0. The minimum absolute atomic E-state index is 0.308. The molecule has 0 unspecified atom stereocenters. The van der Waals surface area contributed by atoms with E-state index in [1.807, 2.05) is 0 Å². The molecule has 1 aliphatic rings. The fourth-order valence-corrected chi connectivity index (χ4v) is 0.683. The molecule has 0 aromatic heterocycles. The maximum absolute atomic E-state index is 7.19. The Balaban J connectivity index is 2.89. The van der Waals surface area contributed by atoms with Crippen LogP contribution >= 0.6 is 0 Å². The van der Waals surface area contributed by atoms with Crippen molar-refractivity contribution in [2.75, 3.05) is 0 Å². The summed E-state index contributed by atoms with van der Waals surface area (Å²) in [4.78, 5) is 0. The van der Waals surface area contributed by atoms with Crippen LogP contribution in [0.1, 0.15) is 6.42 Å². The highest BCUT2D eigenvalue weighted by Gasteiger charge is 2.06. The van der Waals surface area contributed by atoms with E-state index in [9.17, 15) is 0 Å². The van der Waals surface area contributed by atoms with Crippen LogP contribution in [-0.4, -0.2) is 11.4 Å². The predicted octanol–water partition coefficient (Wildman–Crippen LogP) is 1.54. The minimum Gasteiger partial charge on any atom is -0.303 e. The van der Waals surface area contributed by atoms with Crippen LogP contribution in [0, 0.1) is 10.8 Å². The fourth-order valence-electron chi connectivity index (χ4n) is 0.683. The Morgan fingerprint density at radius 3 is 2.44 bits per heavy atom. The first-order valence-electron chi connectivity index (χ1n) is 2.72. The lowest BCUT2D eigenvalue weighted by Gasteiger charge is -2.06. The summed E-state index contributed by atoms with van der Waals surface area (Å²) in [5.74, 6) is 0. The quantitative estimate of drug-likeness (QED) is 0.487. The molecule has 0 spiro atoms. The molecule has 2 heteroatoms. The molecule has 0 aromatic rings.